The molecule has 0 saturated heterocycles. The van der Waals surface area contributed by atoms with Crippen molar-refractivity contribution in [3.05, 3.63) is 0 Å². The van der Waals surface area contributed by atoms with Gasteiger partial charge in [0.05, 0.1) is 0 Å². The van der Waals surface area contributed by atoms with E-state index in [1.54, 1.807) is 0 Å². The van der Waals surface area contributed by atoms with Gasteiger partial charge in [0.1, 0.15) is 0 Å². The maximum absolute atomic E-state index is 8.52. The predicted octanol–water partition coefficient (Wildman–Crippen LogP) is -12.2. The number of hydrogen-bond donors (Lipinski definition) is 0. The van der Waals surface area contributed by atoms with Gasteiger partial charge in [0.2, 0.25) is 0 Å². The molecule has 0 atom stereocenters. The standard InChI is InChI=1S/Al.Ca.K.Na.2O3Si.3H/c;;;;2*1-4(2)3;;;/q+3;+2;2*+1;2*-2;3*-1. The van der Waals surface area contributed by atoms with Gasteiger partial charge in [0.25, 0.3) is 0 Å². The first-order valence-electron chi connectivity index (χ1n) is 1.22. The molecule has 12 heavy (non-hydrogen) atoms. The first kappa shape index (κ1) is 36.1. The van der Waals surface area contributed by atoms with Crippen molar-refractivity contribution in [2.75, 3.05) is 0 Å². The van der Waals surface area contributed by atoms with Crippen molar-refractivity contribution >= 4 is 73.4 Å². The van der Waals surface area contributed by atoms with Gasteiger partial charge in [-0.05, 0) is 0 Å². The Morgan fingerprint density at radius 1 is 0.917 bits per heavy atom. The van der Waals surface area contributed by atoms with E-state index in [4.69, 9.17) is 28.1 Å². The smallest absolute Gasteiger partial charge is 1.00 e. The van der Waals surface area contributed by atoms with E-state index >= 15 is 0 Å². The van der Waals surface area contributed by atoms with E-state index in [1.807, 2.05) is 0 Å². The van der Waals surface area contributed by atoms with Gasteiger partial charge in [-0.15, -0.1) is 0 Å². The summed E-state index contributed by atoms with van der Waals surface area (Å²) < 4.78 is 17.0. The van der Waals surface area contributed by atoms with Gasteiger partial charge in [0, 0.05) is 18.3 Å². The van der Waals surface area contributed by atoms with E-state index in [0.29, 0.717) is 0 Å². The second kappa shape index (κ2) is 29.3. The molecule has 0 bridgehead atoms. The number of hydrogen-bond acceptors (Lipinski definition) is 6. The van der Waals surface area contributed by atoms with Crippen LogP contribution in [0.3, 0.4) is 0 Å². The molecule has 0 aliphatic heterocycles. The van der Waals surface area contributed by atoms with E-state index in [2.05, 4.69) is 0 Å². The minimum atomic E-state index is -3.63. The zero-order valence-corrected chi connectivity index (χ0v) is 17.2. The quantitative estimate of drug-likeness (QED) is 0.406. The maximum Gasteiger partial charge on any atom is 3.00 e. The largest absolute Gasteiger partial charge is 3.00 e. The van der Waals surface area contributed by atoms with Gasteiger partial charge in [-0.3, -0.25) is 0 Å². The molecule has 54 valence electrons. The first-order chi connectivity index (χ1) is 3.46. The topological polar surface area (TPSA) is 126 Å². The second-order valence-corrected chi connectivity index (χ2v) is 1.50. The van der Waals surface area contributed by atoms with Crippen LogP contribution >= 0.6 is 0 Å². The summed E-state index contributed by atoms with van der Waals surface area (Å²) in [4.78, 5) is 34.1. The van der Waals surface area contributed by atoms with E-state index in [-0.39, 0.29) is 140 Å². The fourth-order valence-corrected chi connectivity index (χ4v) is 0. The molecule has 12 heteroatoms. The Morgan fingerprint density at radius 2 is 0.917 bits per heavy atom. The third kappa shape index (κ3) is 163. The molecule has 0 aromatic carbocycles. The van der Waals surface area contributed by atoms with E-state index in [9.17, 15) is 0 Å². The van der Waals surface area contributed by atoms with Crippen molar-refractivity contribution in [2.45, 2.75) is 0 Å². The molecule has 0 fully saturated rings. The summed E-state index contributed by atoms with van der Waals surface area (Å²) in [7, 11) is -7.26. The van der Waals surface area contributed by atoms with Crippen molar-refractivity contribution in [3.63, 3.8) is 0 Å². The van der Waals surface area contributed by atoms with E-state index in [1.165, 1.54) is 0 Å². The molecule has 0 unspecified atom stereocenters. The summed E-state index contributed by atoms with van der Waals surface area (Å²) >= 11 is 0. The van der Waals surface area contributed by atoms with Crippen LogP contribution in [-0.2, 0) is 8.92 Å². The Kier molecular flexibility index (Phi) is 88.1. The molecule has 0 aliphatic rings. The Labute approximate surface area is 182 Å². The molecule has 0 amide bonds. The molecule has 0 aliphatic carbocycles. The van der Waals surface area contributed by atoms with Crippen LogP contribution < -0.4 is 100 Å². The summed E-state index contributed by atoms with van der Waals surface area (Å²) in [5, 5.41) is 0. The van der Waals surface area contributed by atoms with Crippen LogP contribution in [0.5, 0.6) is 0 Å². The molecule has 0 radical (unpaired) electrons. The zero-order valence-electron chi connectivity index (χ0n) is 9.73. The average Bonchev–Trinajstić information content (AvgIpc) is 1.25. The number of rotatable bonds is 0. The van der Waals surface area contributed by atoms with Gasteiger partial charge in [-0.2, -0.15) is 0 Å². The van der Waals surface area contributed by atoms with Crippen LogP contribution in [0.1, 0.15) is 4.28 Å². The van der Waals surface area contributed by atoms with Crippen LogP contribution in [0.2, 0.25) is 0 Å². The fraction of sp³-hybridized carbons (Fsp3) is 0. The van der Waals surface area contributed by atoms with Crippen molar-refractivity contribution in [1.29, 1.82) is 0 Å². The minimum Gasteiger partial charge on any atom is -1.00 e. The van der Waals surface area contributed by atoms with Crippen LogP contribution in [0.25, 0.3) is 0 Å². The van der Waals surface area contributed by atoms with Gasteiger partial charge in [-0.1, -0.05) is 0 Å². The van der Waals surface area contributed by atoms with Gasteiger partial charge in [0.15, 0.2) is 0 Å². The van der Waals surface area contributed by atoms with Gasteiger partial charge < -0.3 is 32.4 Å². The van der Waals surface area contributed by atoms with E-state index < -0.39 is 18.3 Å². The van der Waals surface area contributed by atoms with Crippen LogP contribution in [-0.4, -0.2) is 73.4 Å². The summed E-state index contributed by atoms with van der Waals surface area (Å²) in [5.41, 5.74) is 0. The Balaban J connectivity index is -0.00000000468. The van der Waals surface area contributed by atoms with Gasteiger partial charge >= 0.3 is 136 Å². The molecule has 0 N–H and O–H groups in total. The summed E-state index contributed by atoms with van der Waals surface area (Å²) in [6, 6.07) is 0. The average molecular weight is 284 g/mol. The predicted molar refractivity (Wildman–Crippen MR) is 27.7 cm³/mol. The SMILES string of the molecule is O=[Si]([O-])[O-].O=[Si]([O-])[O-].[Al+3].[Ca+2].[H-].[H-].[H-].[K+].[Na+]. The van der Waals surface area contributed by atoms with Crippen molar-refractivity contribution in [3.8, 4) is 0 Å². The van der Waals surface area contributed by atoms with Crippen LogP contribution in [0.4, 0.5) is 0 Å². The van der Waals surface area contributed by atoms with Crippen LogP contribution in [0, 0.1) is 0 Å². The normalized spacial score (nSPS) is 4.00. The summed E-state index contributed by atoms with van der Waals surface area (Å²) in [6.45, 7) is 0. The third-order valence-electron chi connectivity index (χ3n) is 0. The molecular formula is H3AlCaKNaO6Si2. The first-order valence-corrected chi connectivity index (χ1v) is 3.67. The Hall–Kier alpha value is 3.66. The van der Waals surface area contributed by atoms with Gasteiger partial charge in [-0.25, -0.2) is 0 Å². The Morgan fingerprint density at radius 3 is 0.917 bits per heavy atom. The molecule has 6 nitrogen and oxygen atoms in total. The third-order valence-corrected chi connectivity index (χ3v) is 0. The summed E-state index contributed by atoms with van der Waals surface area (Å²) in [5.74, 6) is 0. The zero-order chi connectivity index (χ0) is 7.15. The fourth-order valence-electron chi connectivity index (χ4n) is 0. The molecule has 0 spiro atoms. The van der Waals surface area contributed by atoms with Crippen molar-refractivity contribution in [1.82, 2.24) is 0 Å². The molecule has 0 saturated carbocycles. The van der Waals surface area contributed by atoms with Crippen LogP contribution in [0.15, 0.2) is 0 Å². The summed E-state index contributed by atoms with van der Waals surface area (Å²) in [6.07, 6.45) is 0. The molecular weight excluding hydrogens is 281 g/mol. The monoisotopic (exact) mass is 284 g/mol. The maximum atomic E-state index is 8.52. The second-order valence-electron chi connectivity index (χ2n) is 0.500. The van der Waals surface area contributed by atoms with Crippen molar-refractivity contribution in [2.24, 2.45) is 0 Å². The molecule has 0 aromatic rings. The van der Waals surface area contributed by atoms with E-state index in [0.717, 1.165) is 0 Å². The Bertz CT molecular complexity index is 94.4. The molecule has 0 heterocycles. The minimum absolute atomic E-state index is 0. The molecule has 0 rings (SSSR count). The molecule has 0 aromatic heterocycles. The van der Waals surface area contributed by atoms with Crippen molar-refractivity contribution < 1.29 is 113 Å².